The highest BCUT2D eigenvalue weighted by atomic mass is 15.0. The minimum absolute atomic E-state index is 0.502. The zero-order valence-electron chi connectivity index (χ0n) is 12.4. The lowest BCUT2D eigenvalue weighted by Crippen LogP contribution is -2.54. The summed E-state index contributed by atoms with van der Waals surface area (Å²) in [4.78, 5) is 0. The molecule has 0 aromatic heterocycles. The van der Waals surface area contributed by atoms with Crippen LogP contribution in [-0.4, -0.2) is 25.2 Å². The molecule has 1 saturated heterocycles. The van der Waals surface area contributed by atoms with E-state index in [0.717, 1.165) is 18.0 Å². The summed E-state index contributed by atoms with van der Waals surface area (Å²) in [6.07, 6.45) is 8.49. The number of hydrogen-bond donors (Lipinski definition) is 2. The maximum absolute atomic E-state index is 3.95. The molecule has 2 saturated carbocycles. The average molecular weight is 250 g/mol. The summed E-state index contributed by atoms with van der Waals surface area (Å²) in [5, 5.41) is 7.62. The number of piperidine rings is 1. The molecule has 1 aliphatic heterocycles. The van der Waals surface area contributed by atoms with E-state index in [2.05, 4.69) is 31.4 Å². The van der Waals surface area contributed by atoms with Gasteiger partial charge in [-0.2, -0.15) is 0 Å². The molecule has 2 aliphatic carbocycles. The van der Waals surface area contributed by atoms with E-state index in [1.165, 1.54) is 51.6 Å². The van der Waals surface area contributed by atoms with Gasteiger partial charge in [-0.3, -0.25) is 0 Å². The van der Waals surface area contributed by atoms with Gasteiger partial charge in [-0.25, -0.2) is 0 Å². The standard InChI is InChI=1S/C16H30N2/c1-15(2)12-7-8-16(3,10-12)14(15)18-11-13-6-4-5-9-17-13/h12-14,17-18H,4-11H2,1-3H3. The van der Waals surface area contributed by atoms with Crippen LogP contribution in [0.5, 0.6) is 0 Å². The van der Waals surface area contributed by atoms with Crippen molar-refractivity contribution >= 4 is 0 Å². The first kappa shape index (κ1) is 12.9. The Morgan fingerprint density at radius 2 is 2.00 bits per heavy atom. The summed E-state index contributed by atoms with van der Waals surface area (Å²) in [5.74, 6) is 0.958. The van der Waals surface area contributed by atoms with Crippen LogP contribution in [0.2, 0.25) is 0 Å². The molecule has 0 aromatic rings. The number of hydrogen-bond acceptors (Lipinski definition) is 2. The molecule has 3 fully saturated rings. The van der Waals surface area contributed by atoms with Gasteiger partial charge < -0.3 is 10.6 Å². The fourth-order valence-electron chi connectivity index (χ4n) is 5.17. The summed E-state index contributed by atoms with van der Waals surface area (Å²) in [7, 11) is 0. The highest BCUT2D eigenvalue weighted by Gasteiger charge is 2.58. The largest absolute Gasteiger partial charge is 0.313 e. The summed E-state index contributed by atoms with van der Waals surface area (Å²) < 4.78 is 0. The Kier molecular flexibility index (Phi) is 3.22. The zero-order valence-corrected chi connectivity index (χ0v) is 12.4. The predicted molar refractivity (Wildman–Crippen MR) is 76.7 cm³/mol. The van der Waals surface area contributed by atoms with Gasteiger partial charge >= 0.3 is 0 Å². The summed E-state index contributed by atoms with van der Waals surface area (Å²) in [6.45, 7) is 9.91. The maximum Gasteiger partial charge on any atom is 0.0192 e. The fraction of sp³-hybridized carbons (Fsp3) is 1.00. The van der Waals surface area contributed by atoms with Crippen molar-refractivity contribution in [3.63, 3.8) is 0 Å². The average Bonchev–Trinajstić information content (AvgIpc) is 2.81. The van der Waals surface area contributed by atoms with Crippen LogP contribution < -0.4 is 10.6 Å². The Balaban J connectivity index is 1.61. The van der Waals surface area contributed by atoms with Crippen molar-refractivity contribution in [2.24, 2.45) is 16.7 Å². The van der Waals surface area contributed by atoms with Crippen LogP contribution in [0.4, 0.5) is 0 Å². The summed E-state index contributed by atoms with van der Waals surface area (Å²) >= 11 is 0. The Morgan fingerprint density at radius 3 is 2.61 bits per heavy atom. The fourth-order valence-corrected chi connectivity index (χ4v) is 5.17. The van der Waals surface area contributed by atoms with E-state index < -0.39 is 0 Å². The molecule has 0 amide bonds. The smallest absolute Gasteiger partial charge is 0.0192 e. The molecule has 0 radical (unpaired) electrons. The van der Waals surface area contributed by atoms with Gasteiger partial charge in [0.25, 0.3) is 0 Å². The van der Waals surface area contributed by atoms with E-state index in [4.69, 9.17) is 0 Å². The molecule has 4 unspecified atom stereocenters. The van der Waals surface area contributed by atoms with Crippen LogP contribution in [0.25, 0.3) is 0 Å². The van der Waals surface area contributed by atoms with Gasteiger partial charge in [0.1, 0.15) is 0 Å². The van der Waals surface area contributed by atoms with Crippen molar-refractivity contribution in [1.29, 1.82) is 0 Å². The third-order valence-electron chi connectivity index (χ3n) is 6.25. The lowest BCUT2D eigenvalue weighted by atomic mass is 9.68. The van der Waals surface area contributed by atoms with Gasteiger partial charge in [-0.1, -0.05) is 27.2 Å². The Morgan fingerprint density at radius 1 is 1.17 bits per heavy atom. The molecular weight excluding hydrogens is 220 g/mol. The number of fused-ring (bicyclic) bond motifs is 2. The van der Waals surface area contributed by atoms with Crippen molar-refractivity contribution in [1.82, 2.24) is 10.6 Å². The van der Waals surface area contributed by atoms with E-state index in [1.807, 2.05) is 0 Å². The van der Waals surface area contributed by atoms with Crippen LogP contribution in [0.1, 0.15) is 59.3 Å². The zero-order chi connectivity index (χ0) is 12.8. The second-order valence-electron chi connectivity index (χ2n) is 7.90. The summed E-state index contributed by atoms with van der Waals surface area (Å²) in [5.41, 5.74) is 1.07. The normalized spacial score (nSPS) is 46.5. The van der Waals surface area contributed by atoms with Gasteiger partial charge in [-0.15, -0.1) is 0 Å². The molecule has 2 nitrogen and oxygen atoms in total. The Labute approximate surface area is 112 Å². The van der Waals surface area contributed by atoms with Crippen LogP contribution in [0.3, 0.4) is 0 Å². The molecule has 3 aliphatic rings. The third kappa shape index (κ3) is 2.02. The van der Waals surface area contributed by atoms with E-state index in [-0.39, 0.29) is 0 Å². The lowest BCUT2D eigenvalue weighted by Gasteiger charge is -2.44. The second kappa shape index (κ2) is 4.49. The first-order chi connectivity index (χ1) is 8.52. The van der Waals surface area contributed by atoms with Crippen molar-refractivity contribution in [3.05, 3.63) is 0 Å². The molecule has 0 aromatic carbocycles. The van der Waals surface area contributed by atoms with Gasteiger partial charge in [0.05, 0.1) is 0 Å². The maximum atomic E-state index is 3.95. The molecule has 0 spiro atoms. The van der Waals surface area contributed by atoms with Gasteiger partial charge in [0.15, 0.2) is 0 Å². The molecule has 4 atom stereocenters. The van der Waals surface area contributed by atoms with E-state index in [0.29, 0.717) is 10.8 Å². The molecule has 1 heterocycles. The molecular formula is C16H30N2. The molecule has 2 heteroatoms. The van der Waals surface area contributed by atoms with E-state index in [9.17, 15) is 0 Å². The number of nitrogens with one attached hydrogen (secondary N) is 2. The second-order valence-corrected chi connectivity index (χ2v) is 7.90. The quantitative estimate of drug-likeness (QED) is 0.805. The summed E-state index contributed by atoms with van der Waals surface area (Å²) in [6, 6.07) is 1.45. The number of rotatable bonds is 3. The lowest BCUT2D eigenvalue weighted by molar-refractivity contribution is 0.106. The molecule has 3 rings (SSSR count). The minimum Gasteiger partial charge on any atom is -0.313 e. The van der Waals surface area contributed by atoms with Gasteiger partial charge in [0, 0.05) is 18.6 Å². The van der Waals surface area contributed by atoms with Crippen molar-refractivity contribution < 1.29 is 0 Å². The molecule has 2 bridgehead atoms. The predicted octanol–water partition coefficient (Wildman–Crippen LogP) is 2.93. The minimum atomic E-state index is 0.502. The highest BCUT2D eigenvalue weighted by molar-refractivity contribution is 5.12. The van der Waals surface area contributed by atoms with Crippen LogP contribution >= 0.6 is 0 Å². The molecule has 104 valence electrons. The van der Waals surface area contributed by atoms with Gasteiger partial charge in [-0.05, 0) is 55.4 Å². The van der Waals surface area contributed by atoms with Gasteiger partial charge in [0.2, 0.25) is 0 Å². The Bertz CT molecular complexity index is 301. The van der Waals surface area contributed by atoms with Crippen LogP contribution in [-0.2, 0) is 0 Å². The highest BCUT2D eigenvalue weighted by Crippen LogP contribution is 2.62. The van der Waals surface area contributed by atoms with Crippen LogP contribution in [0.15, 0.2) is 0 Å². The molecule has 18 heavy (non-hydrogen) atoms. The van der Waals surface area contributed by atoms with Crippen LogP contribution in [0, 0.1) is 16.7 Å². The van der Waals surface area contributed by atoms with Crippen molar-refractivity contribution in [2.75, 3.05) is 13.1 Å². The van der Waals surface area contributed by atoms with E-state index >= 15 is 0 Å². The first-order valence-electron chi connectivity index (χ1n) is 7.99. The molecule has 2 N–H and O–H groups in total. The van der Waals surface area contributed by atoms with Crippen molar-refractivity contribution in [3.8, 4) is 0 Å². The topological polar surface area (TPSA) is 24.1 Å². The monoisotopic (exact) mass is 250 g/mol. The first-order valence-corrected chi connectivity index (χ1v) is 7.99. The third-order valence-corrected chi connectivity index (χ3v) is 6.25. The Hall–Kier alpha value is -0.0800. The van der Waals surface area contributed by atoms with E-state index in [1.54, 1.807) is 0 Å². The SMILES string of the molecule is CC12CCC(C1)C(C)(C)C2NCC1CCCCN1. The van der Waals surface area contributed by atoms with Crippen molar-refractivity contribution in [2.45, 2.75) is 71.4 Å².